The standard InChI is InChI=1S/C31H31ClFN3O3/c32-24-8-6-21(7-9-24)19-36-31(37)23-4-1-5-30(27(33)17-23)39-29-13-16-35-28-18-25(10-11-26(28)29)38-20-22-3-2-14-34-15-12-22/h1,4,6-11,13,16-18,22,34H,2-3,5,12,14-15,19-20H2,(H,36,37). The smallest absolute Gasteiger partial charge is 0.251 e. The molecule has 0 bridgehead atoms. The second-order valence-corrected chi connectivity index (χ2v) is 10.2. The summed E-state index contributed by atoms with van der Waals surface area (Å²) in [4.78, 5) is 17.1. The third-order valence-electron chi connectivity index (χ3n) is 6.87. The van der Waals surface area contributed by atoms with E-state index in [4.69, 9.17) is 21.1 Å². The maximum Gasteiger partial charge on any atom is 0.251 e. The first-order chi connectivity index (χ1) is 19.0. The van der Waals surface area contributed by atoms with E-state index in [9.17, 15) is 4.79 Å². The molecule has 2 heterocycles. The Morgan fingerprint density at radius 3 is 2.87 bits per heavy atom. The van der Waals surface area contributed by atoms with E-state index in [0.29, 0.717) is 35.4 Å². The summed E-state index contributed by atoms with van der Waals surface area (Å²) >= 11 is 5.91. The number of halogens is 2. The van der Waals surface area contributed by atoms with E-state index in [1.165, 1.54) is 12.5 Å². The lowest BCUT2D eigenvalue weighted by atomic mass is 10.0. The molecule has 0 spiro atoms. The molecule has 8 heteroatoms. The molecule has 5 rings (SSSR count). The van der Waals surface area contributed by atoms with Crippen LogP contribution in [0.2, 0.25) is 5.02 Å². The van der Waals surface area contributed by atoms with Gasteiger partial charge in [0.1, 0.15) is 17.3 Å². The molecule has 1 aromatic heterocycles. The Morgan fingerprint density at radius 1 is 1.13 bits per heavy atom. The van der Waals surface area contributed by atoms with Gasteiger partial charge in [-0.1, -0.05) is 35.9 Å². The van der Waals surface area contributed by atoms with Crippen LogP contribution in [-0.2, 0) is 11.3 Å². The summed E-state index contributed by atoms with van der Waals surface area (Å²) in [6.45, 7) is 3.08. The van der Waals surface area contributed by atoms with Crippen LogP contribution in [0.25, 0.3) is 10.9 Å². The molecule has 1 saturated heterocycles. The second-order valence-electron chi connectivity index (χ2n) is 9.73. The van der Waals surface area contributed by atoms with Crippen molar-refractivity contribution in [2.24, 2.45) is 5.92 Å². The number of hydrogen-bond donors (Lipinski definition) is 2. The summed E-state index contributed by atoms with van der Waals surface area (Å²) in [5, 5.41) is 7.61. The molecule has 0 saturated carbocycles. The fraction of sp³-hybridized carbons (Fsp3) is 0.290. The molecule has 1 fully saturated rings. The molecular weight excluding hydrogens is 517 g/mol. The van der Waals surface area contributed by atoms with Crippen molar-refractivity contribution in [1.82, 2.24) is 15.6 Å². The SMILES string of the molecule is O=C(NCc1ccc(Cl)cc1)C1=CC(F)=C(Oc2ccnc3cc(OCC4CCCNCC4)ccc23)CC=C1. The van der Waals surface area contributed by atoms with Crippen molar-refractivity contribution in [3.05, 3.63) is 101 Å². The monoisotopic (exact) mass is 547 g/mol. The first kappa shape index (κ1) is 26.9. The van der Waals surface area contributed by atoms with Gasteiger partial charge in [-0.05, 0) is 80.2 Å². The maximum absolute atomic E-state index is 15.2. The van der Waals surface area contributed by atoms with E-state index in [2.05, 4.69) is 15.6 Å². The minimum Gasteiger partial charge on any atom is -0.493 e. The number of allylic oxidation sites excluding steroid dienone is 3. The average molecular weight is 548 g/mol. The lowest BCUT2D eigenvalue weighted by Gasteiger charge is -2.15. The normalized spacial score (nSPS) is 17.8. The molecule has 2 aliphatic rings. The molecular formula is C31H31ClFN3O3. The van der Waals surface area contributed by atoms with Gasteiger partial charge in [0.25, 0.3) is 5.91 Å². The van der Waals surface area contributed by atoms with E-state index < -0.39 is 5.83 Å². The van der Waals surface area contributed by atoms with Gasteiger partial charge in [0.05, 0.1) is 12.1 Å². The van der Waals surface area contributed by atoms with Gasteiger partial charge in [-0.2, -0.15) is 0 Å². The fourth-order valence-corrected chi connectivity index (χ4v) is 4.79. The number of carbonyl (C=O) groups is 1. The Kier molecular flexibility index (Phi) is 8.91. The lowest BCUT2D eigenvalue weighted by molar-refractivity contribution is -0.117. The zero-order valence-corrected chi connectivity index (χ0v) is 22.3. The third kappa shape index (κ3) is 7.25. The van der Waals surface area contributed by atoms with Gasteiger partial charge < -0.3 is 20.1 Å². The van der Waals surface area contributed by atoms with Crippen LogP contribution in [0, 0.1) is 5.92 Å². The number of rotatable bonds is 8. The number of nitrogens with one attached hydrogen (secondary N) is 2. The quantitative estimate of drug-likeness (QED) is 0.340. The van der Waals surface area contributed by atoms with Crippen molar-refractivity contribution < 1.29 is 18.7 Å². The van der Waals surface area contributed by atoms with Crippen LogP contribution in [-0.4, -0.2) is 30.6 Å². The number of carbonyl (C=O) groups excluding carboxylic acids is 1. The Morgan fingerprint density at radius 2 is 2.00 bits per heavy atom. The first-order valence-electron chi connectivity index (χ1n) is 13.2. The van der Waals surface area contributed by atoms with E-state index >= 15 is 4.39 Å². The Bertz CT molecular complexity index is 1410. The highest BCUT2D eigenvalue weighted by atomic mass is 35.5. The summed E-state index contributed by atoms with van der Waals surface area (Å²) in [6.07, 6.45) is 9.80. The van der Waals surface area contributed by atoms with Crippen molar-refractivity contribution in [1.29, 1.82) is 0 Å². The molecule has 1 aliphatic heterocycles. The number of ether oxygens (including phenoxy) is 2. The highest BCUT2D eigenvalue weighted by Crippen LogP contribution is 2.31. The predicted octanol–water partition coefficient (Wildman–Crippen LogP) is 6.42. The van der Waals surface area contributed by atoms with E-state index in [1.54, 1.807) is 36.5 Å². The number of hydrogen-bond acceptors (Lipinski definition) is 5. The molecule has 1 amide bonds. The molecule has 1 atom stereocenters. The van der Waals surface area contributed by atoms with Crippen molar-refractivity contribution in [2.75, 3.05) is 19.7 Å². The number of pyridine rings is 1. The van der Waals surface area contributed by atoms with Gasteiger partial charge in [-0.15, -0.1) is 0 Å². The van der Waals surface area contributed by atoms with Gasteiger partial charge in [0.2, 0.25) is 0 Å². The van der Waals surface area contributed by atoms with Gasteiger partial charge >= 0.3 is 0 Å². The zero-order chi connectivity index (χ0) is 27.0. The minimum atomic E-state index is -0.598. The summed E-state index contributed by atoms with van der Waals surface area (Å²) in [5.74, 6) is 0.933. The maximum atomic E-state index is 15.2. The number of amides is 1. The number of nitrogens with zero attached hydrogens (tertiary/aromatic N) is 1. The van der Waals surface area contributed by atoms with Crippen molar-refractivity contribution in [3.63, 3.8) is 0 Å². The summed E-state index contributed by atoms with van der Waals surface area (Å²) in [7, 11) is 0. The topological polar surface area (TPSA) is 72.5 Å². The molecule has 1 unspecified atom stereocenters. The summed E-state index contributed by atoms with van der Waals surface area (Å²) in [6, 6.07) is 14.6. The van der Waals surface area contributed by atoms with E-state index in [-0.39, 0.29) is 23.7 Å². The minimum absolute atomic E-state index is 0.126. The largest absolute Gasteiger partial charge is 0.493 e. The molecule has 3 aromatic rings. The van der Waals surface area contributed by atoms with Crippen LogP contribution in [0.15, 0.2) is 90.1 Å². The van der Waals surface area contributed by atoms with E-state index in [1.807, 2.05) is 30.3 Å². The van der Waals surface area contributed by atoms with Crippen molar-refractivity contribution in [2.45, 2.75) is 32.2 Å². The predicted molar refractivity (Wildman–Crippen MR) is 151 cm³/mol. The highest BCUT2D eigenvalue weighted by Gasteiger charge is 2.17. The molecule has 1 aliphatic carbocycles. The van der Waals surface area contributed by atoms with Gasteiger partial charge in [0.15, 0.2) is 5.83 Å². The van der Waals surface area contributed by atoms with Crippen LogP contribution in [0.1, 0.15) is 31.2 Å². The molecule has 202 valence electrons. The zero-order valence-electron chi connectivity index (χ0n) is 21.6. The second kappa shape index (κ2) is 12.9. The van der Waals surface area contributed by atoms with Crippen molar-refractivity contribution >= 4 is 28.4 Å². The number of benzene rings is 2. The van der Waals surface area contributed by atoms with Crippen LogP contribution in [0.3, 0.4) is 0 Å². The number of aromatic nitrogens is 1. The van der Waals surface area contributed by atoms with Gasteiger partial charge in [0, 0.05) is 41.2 Å². The van der Waals surface area contributed by atoms with E-state index in [0.717, 1.165) is 42.6 Å². The Labute approximate surface area is 232 Å². The summed E-state index contributed by atoms with van der Waals surface area (Å²) < 4.78 is 27.3. The number of fused-ring (bicyclic) bond motifs is 1. The van der Waals surface area contributed by atoms with Crippen LogP contribution >= 0.6 is 11.6 Å². The Hall–Kier alpha value is -3.68. The lowest BCUT2D eigenvalue weighted by Crippen LogP contribution is -2.23. The summed E-state index contributed by atoms with van der Waals surface area (Å²) in [5.41, 5.74) is 1.81. The fourth-order valence-electron chi connectivity index (χ4n) is 4.66. The molecule has 2 aromatic carbocycles. The average Bonchev–Trinajstić information content (AvgIpc) is 3.32. The highest BCUT2D eigenvalue weighted by molar-refractivity contribution is 6.30. The first-order valence-corrected chi connectivity index (χ1v) is 13.6. The molecule has 39 heavy (non-hydrogen) atoms. The molecule has 2 N–H and O–H groups in total. The Balaban J connectivity index is 1.26. The van der Waals surface area contributed by atoms with Gasteiger partial charge in [-0.3, -0.25) is 9.78 Å². The van der Waals surface area contributed by atoms with Crippen LogP contribution < -0.4 is 20.1 Å². The molecule has 0 radical (unpaired) electrons. The third-order valence-corrected chi connectivity index (χ3v) is 7.12. The van der Waals surface area contributed by atoms with Crippen LogP contribution in [0.4, 0.5) is 4.39 Å². The van der Waals surface area contributed by atoms with Crippen LogP contribution in [0.5, 0.6) is 11.5 Å². The van der Waals surface area contributed by atoms with Crippen molar-refractivity contribution in [3.8, 4) is 11.5 Å². The van der Waals surface area contributed by atoms with Gasteiger partial charge in [-0.25, -0.2) is 4.39 Å². The molecule has 6 nitrogen and oxygen atoms in total.